The van der Waals surface area contributed by atoms with Gasteiger partial charge in [-0.2, -0.15) is 0 Å². The van der Waals surface area contributed by atoms with Crippen molar-refractivity contribution in [2.24, 2.45) is 17.3 Å². The van der Waals surface area contributed by atoms with Crippen LogP contribution >= 0.6 is 15.9 Å². The predicted octanol–water partition coefficient (Wildman–Crippen LogP) is 2.80. The van der Waals surface area contributed by atoms with Crippen molar-refractivity contribution in [1.29, 1.82) is 0 Å². The van der Waals surface area contributed by atoms with E-state index in [1.807, 2.05) is 0 Å². The second-order valence-corrected chi connectivity index (χ2v) is 12.8. The lowest BCUT2D eigenvalue weighted by Gasteiger charge is -2.60. The molecule has 0 spiro atoms. The van der Waals surface area contributed by atoms with E-state index in [1.54, 1.807) is 0 Å². The first-order chi connectivity index (χ1) is 10.8. The van der Waals surface area contributed by atoms with Crippen molar-refractivity contribution in [3.63, 3.8) is 0 Å². The minimum atomic E-state index is -2.86. The number of nitrogens with one attached hydrogen (secondary N) is 1. The molecule has 1 amide bonds. The van der Waals surface area contributed by atoms with Gasteiger partial charge in [-0.05, 0) is 68.6 Å². The molecule has 4 saturated carbocycles. The van der Waals surface area contributed by atoms with Crippen LogP contribution in [0.4, 0.5) is 0 Å². The Bertz CT molecular complexity index is 589. The molecule has 1 heterocycles. The normalized spacial score (nSPS) is 45.1. The van der Waals surface area contributed by atoms with Gasteiger partial charge >= 0.3 is 0 Å². The predicted molar refractivity (Wildman–Crippen MR) is 93.2 cm³/mol. The second kappa shape index (κ2) is 5.45. The second-order valence-electron chi connectivity index (χ2n) is 8.78. The number of carbonyl (C=O) groups excluding carboxylic acids is 1. The van der Waals surface area contributed by atoms with Crippen LogP contribution in [-0.4, -0.2) is 36.2 Å². The Morgan fingerprint density at radius 1 is 1.09 bits per heavy atom. The summed E-state index contributed by atoms with van der Waals surface area (Å²) in [6.45, 7) is 0. The fourth-order valence-electron chi connectivity index (χ4n) is 6.20. The van der Waals surface area contributed by atoms with Crippen molar-refractivity contribution in [3.05, 3.63) is 0 Å². The lowest BCUT2D eigenvalue weighted by Crippen LogP contribution is -2.54. The van der Waals surface area contributed by atoms with Crippen LogP contribution in [0, 0.1) is 17.3 Å². The monoisotopic (exact) mass is 403 g/mol. The van der Waals surface area contributed by atoms with Crippen LogP contribution in [0.5, 0.6) is 0 Å². The number of sulfone groups is 1. The van der Waals surface area contributed by atoms with E-state index in [0.717, 1.165) is 18.3 Å². The van der Waals surface area contributed by atoms with Gasteiger partial charge in [0.1, 0.15) is 9.84 Å². The van der Waals surface area contributed by atoms with Crippen molar-refractivity contribution in [2.45, 2.75) is 68.2 Å². The Labute approximate surface area is 147 Å². The third-order valence-electron chi connectivity index (χ3n) is 6.57. The molecule has 1 saturated heterocycles. The number of carbonyl (C=O) groups is 1. The van der Waals surface area contributed by atoms with Gasteiger partial charge < -0.3 is 5.32 Å². The molecular weight excluding hydrogens is 378 g/mol. The van der Waals surface area contributed by atoms with Gasteiger partial charge in [0.15, 0.2) is 0 Å². The standard InChI is InChI=1S/C17H26BrNO3S/c18-17-8-12-5-13(9-17)7-16(6-12,11-17)10-15(20)19-14-1-3-23(21,22)4-2-14/h12-14H,1-11H2,(H,19,20). The first kappa shape index (κ1) is 16.4. The van der Waals surface area contributed by atoms with Crippen molar-refractivity contribution in [3.8, 4) is 0 Å². The zero-order chi connectivity index (χ0) is 16.3. The summed E-state index contributed by atoms with van der Waals surface area (Å²) in [5.41, 5.74) is 0.193. The summed E-state index contributed by atoms with van der Waals surface area (Å²) in [6, 6.07) is 0.0536. The Morgan fingerprint density at radius 2 is 1.70 bits per heavy atom. The molecule has 23 heavy (non-hydrogen) atoms. The van der Waals surface area contributed by atoms with Crippen LogP contribution in [0.2, 0.25) is 0 Å². The highest BCUT2D eigenvalue weighted by Gasteiger charge is 2.57. The summed E-state index contributed by atoms with van der Waals surface area (Å²) in [5, 5.41) is 3.13. The average molecular weight is 404 g/mol. The first-order valence-electron chi connectivity index (χ1n) is 8.94. The van der Waals surface area contributed by atoms with Gasteiger partial charge in [0.25, 0.3) is 0 Å². The quantitative estimate of drug-likeness (QED) is 0.736. The fraction of sp³-hybridized carbons (Fsp3) is 0.941. The maximum Gasteiger partial charge on any atom is 0.220 e. The lowest BCUT2D eigenvalue weighted by atomic mass is 9.48. The summed E-state index contributed by atoms with van der Waals surface area (Å²) < 4.78 is 23.3. The fourth-order valence-corrected chi connectivity index (χ4v) is 9.20. The molecule has 2 atom stereocenters. The van der Waals surface area contributed by atoms with Gasteiger partial charge in [-0.15, -0.1) is 0 Å². The van der Waals surface area contributed by atoms with Crippen LogP contribution in [0.25, 0.3) is 0 Å². The van der Waals surface area contributed by atoms with Crippen LogP contribution in [0.1, 0.15) is 57.8 Å². The molecule has 5 aliphatic rings. The number of rotatable bonds is 3. The van der Waals surface area contributed by atoms with Crippen molar-refractivity contribution in [1.82, 2.24) is 5.32 Å². The molecule has 1 N–H and O–H groups in total. The third kappa shape index (κ3) is 3.35. The van der Waals surface area contributed by atoms with Gasteiger partial charge in [0.05, 0.1) is 11.5 Å². The smallest absolute Gasteiger partial charge is 0.220 e. The SMILES string of the molecule is O=C(CC12CC3CC(CC(Br)(C3)C1)C2)NC1CCS(=O)(=O)CC1. The number of alkyl halides is 1. The van der Waals surface area contributed by atoms with Crippen molar-refractivity contribution >= 4 is 31.7 Å². The summed E-state index contributed by atoms with van der Waals surface area (Å²) in [7, 11) is -2.86. The Kier molecular flexibility index (Phi) is 3.88. The van der Waals surface area contributed by atoms with Gasteiger partial charge in [0, 0.05) is 16.8 Å². The zero-order valence-corrected chi connectivity index (χ0v) is 15.9. The van der Waals surface area contributed by atoms with E-state index < -0.39 is 9.84 Å². The molecule has 130 valence electrons. The molecule has 0 radical (unpaired) electrons. The molecule has 4 nitrogen and oxygen atoms in total. The van der Waals surface area contributed by atoms with Crippen LogP contribution in [0.3, 0.4) is 0 Å². The number of halogens is 1. The van der Waals surface area contributed by atoms with Crippen LogP contribution in [-0.2, 0) is 14.6 Å². The number of hydrogen-bond acceptors (Lipinski definition) is 3. The summed E-state index contributed by atoms with van der Waals surface area (Å²) in [5.74, 6) is 2.18. The summed E-state index contributed by atoms with van der Waals surface area (Å²) in [6.07, 6.45) is 9.28. The van der Waals surface area contributed by atoms with Gasteiger partial charge in [0.2, 0.25) is 5.91 Å². The average Bonchev–Trinajstić information content (AvgIpc) is 2.37. The number of amides is 1. The van der Waals surface area contributed by atoms with E-state index >= 15 is 0 Å². The van der Waals surface area contributed by atoms with Crippen molar-refractivity contribution in [2.75, 3.05) is 11.5 Å². The highest BCUT2D eigenvalue weighted by atomic mass is 79.9. The molecule has 4 bridgehead atoms. The molecule has 2 unspecified atom stereocenters. The molecular formula is C17H26BrNO3S. The topological polar surface area (TPSA) is 63.2 Å². The Hall–Kier alpha value is -0.100. The van der Waals surface area contributed by atoms with Crippen LogP contribution in [0.15, 0.2) is 0 Å². The van der Waals surface area contributed by atoms with Crippen LogP contribution < -0.4 is 5.32 Å². The van der Waals surface area contributed by atoms with E-state index in [0.29, 0.717) is 19.3 Å². The summed E-state index contributed by atoms with van der Waals surface area (Å²) >= 11 is 4.00. The molecule has 0 aromatic heterocycles. The molecule has 0 aromatic carbocycles. The van der Waals surface area contributed by atoms with E-state index in [1.165, 1.54) is 32.1 Å². The minimum absolute atomic E-state index is 0.0536. The van der Waals surface area contributed by atoms with E-state index in [2.05, 4.69) is 21.2 Å². The molecule has 1 aliphatic heterocycles. The van der Waals surface area contributed by atoms with E-state index in [-0.39, 0.29) is 33.2 Å². The number of hydrogen-bond donors (Lipinski definition) is 1. The molecule has 4 aliphatic carbocycles. The van der Waals surface area contributed by atoms with Gasteiger partial charge in [-0.3, -0.25) is 4.79 Å². The molecule has 5 fully saturated rings. The Balaban J connectivity index is 1.38. The lowest BCUT2D eigenvalue weighted by molar-refractivity contribution is -0.128. The van der Waals surface area contributed by atoms with E-state index in [9.17, 15) is 13.2 Å². The maximum absolute atomic E-state index is 12.6. The zero-order valence-electron chi connectivity index (χ0n) is 13.5. The van der Waals surface area contributed by atoms with E-state index in [4.69, 9.17) is 0 Å². The van der Waals surface area contributed by atoms with Crippen molar-refractivity contribution < 1.29 is 13.2 Å². The maximum atomic E-state index is 12.6. The first-order valence-corrected chi connectivity index (χ1v) is 11.6. The van der Waals surface area contributed by atoms with Gasteiger partial charge in [-0.25, -0.2) is 8.42 Å². The molecule has 0 aromatic rings. The van der Waals surface area contributed by atoms with Gasteiger partial charge in [-0.1, -0.05) is 15.9 Å². The molecule has 5 rings (SSSR count). The highest BCUT2D eigenvalue weighted by Crippen LogP contribution is 2.65. The summed E-state index contributed by atoms with van der Waals surface area (Å²) in [4.78, 5) is 12.6. The highest BCUT2D eigenvalue weighted by molar-refractivity contribution is 9.10. The third-order valence-corrected chi connectivity index (χ3v) is 9.21. The minimum Gasteiger partial charge on any atom is -0.353 e. The largest absolute Gasteiger partial charge is 0.353 e. The molecule has 6 heteroatoms. The Morgan fingerprint density at radius 3 is 2.26 bits per heavy atom.